The lowest BCUT2D eigenvalue weighted by Crippen LogP contribution is -2.60. The van der Waals surface area contributed by atoms with Crippen LogP contribution < -0.4 is 9.64 Å². The Kier molecular flexibility index (Phi) is 3.52. The number of hydrogen-bond donors (Lipinski definition) is 0. The van der Waals surface area contributed by atoms with Crippen LogP contribution in [0.1, 0.15) is 24.3 Å². The predicted molar refractivity (Wildman–Crippen MR) is 97.1 cm³/mol. The summed E-state index contributed by atoms with van der Waals surface area (Å²) in [5, 5.41) is 3.30. The summed E-state index contributed by atoms with van der Waals surface area (Å²) in [6.45, 7) is 3.60. The molecule has 4 saturated heterocycles. The standard InChI is InChI=1S/C19H23N3OS/c1-23-15-4-2-3-14(11-15)16-12-22(19-20-7-10-24-19)17-13-5-8-21(9-6-13)18(16)17/h2-4,7,10-11,13,16-18H,5-6,8-9,12H2,1H3/t16-,17-,18-/m1/s1. The molecule has 0 N–H and O–H groups in total. The fourth-order valence-electron chi connectivity index (χ4n) is 5.17. The first-order valence-corrected chi connectivity index (χ1v) is 9.77. The second-order valence-corrected chi connectivity index (χ2v) is 8.08. The summed E-state index contributed by atoms with van der Waals surface area (Å²) in [6, 6.07) is 9.92. The Bertz CT molecular complexity index is 711. The second kappa shape index (κ2) is 5.74. The van der Waals surface area contributed by atoms with Crippen LogP contribution in [-0.2, 0) is 0 Å². The van der Waals surface area contributed by atoms with E-state index in [2.05, 4.69) is 38.4 Å². The lowest BCUT2D eigenvalue weighted by molar-refractivity contribution is 0.0355. The van der Waals surface area contributed by atoms with E-state index in [0.717, 1.165) is 18.2 Å². The third-order valence-electron chi connectivity index (χ3n) is 6.18. The van der Waals surface area contributed by atoms with Gasteiger partial charge in [0.2, 0.25) is 0 Å². The number of fused-ring (bicyclic) bond motifs is 2. The van der Waals surface area contributed by atoms with Crippen LogP contribution in [0.2, 0.25) is 0 Å². The summed E-state index contributed by atoms with van der Waals surface area (Å²) in [5.74, 6) is 2.32. The molecule has 0 unspecified atom stereocenters. The zero-order valence-corrected chi connectivity index (χ0v) is 14.8. The summed E-state index contributed by atoms with van der Waals surface area (Å²) in [7, 11) is 1.75. The number of aromatic nitrogens is 1. The maximum atomic E-state index is 5.47. The summed E-state index contributed by atoms with van der Waals surface area (Å²) >= 11 is 1.78. The van der Waals surface area contributed by atoms with Gasteiger partial charge in [-0.2, -0.15) is 0 Å². The van der Waals surface area contributed by atoms with Crippen molar-refractivity contribution in [3.8, 4) is 5.75 Å². The quantitative estimate of drug-likeness (QED) is 0.857. The molecular formula is C19H23N3OS. The minimum absolute atomic E-state index is 0.539. The molecule has 5 heteroatoms. The van der Waals surface area contributed by atoms with E-state index in [4.69, 9.17) is 4.74 Å². The van der Waals surface area contributed by atoms with Gasteiger partial charge < -0.3 is 9.64 Å². The van der Waals surface area contributed by atoms with Gasteiger partial charge in [0.05, 0.1) is 13.2 Å². The Morgan fingerprint density at radius 1 is 1.21 bits per heavy atom. The maximum absolute atomic E-state index is 5.47. The number of anilines is 1. The predicted octanol–water partition coefficient (Wildman–Crippen LogP) is 3.22. The molecule has 4 fully saturated rings. The van der Waals surface area contributed by atoms with Crippen molar-refractivity contribution in [2.24, 2.45) is 5.92 Å². The highest BCUT2D eigenvalue weighted by Gasteiger charge is 2.53. The van der Waals surface area contributed by atoms with Gasteiger partial charge in [-0.25, -0.2) is 4.98 Å². The van der Waals surface area contributed by atoms with Crippen LogP contribution in [-0.4, -0.2) is 48.7 Å². The Morgan fingerprint density at radius 3 is 2.83 bits per heavy atom. The highest BCUT2D eigenvalue weighted by molar-refractivity contribution is 7.13. The molecule has 24 heavy (non-hydrogen) atoms. The Hall–Kier alpha value is -1.59. The van der Waals surface area contributed by atoms with Gasteiger partial charge in [0.15, 0.2) is 5.13 Å². The van der Waals surface area contributed by atoms with E-state index in [-0.39, 0.29) is 0 Å². The number of piperidine rings is 3. The fraction of sp³-hybridized carbons (Fsp3) is 0.526. The van der Waals surface area contributed by atoms with Gasteiger partial charge in [-0.05, 0) is 49.5 Å². The number of ether oxygens (including phenoxy) is 1. The lowest BCUT2D eigenvalue weighted by Gasteiger charge is -2.51. The molecular weight excluding hydrogens is 318 g/mol. The molecule has 2 aromatic rings. The van der Waals surface area contributed by atoms with Crippen LogP contribution in [0.5, 0.6) is 5.75 Å². The minimum Gasteiger partial charge on any atom is -0.497 e. The van der Waals surface area contributed by atoms with Crippen LogP contribution in [0.25, 0.3) is 0 Å². The van der Waals surface area contributed by atoms with E-state index in [1.165, 1.54) is 36.6 Å². The van der Waals surface area contributed by atoms with Crippen molar-refractivity contribution >= 4 is 16.5 Å². The number of hydrogen-bond acceptors (Lipinski definition) is 5. The average Bonchev–Trinajstić information content (AvgIpc) is 3.31. The fourth-order valence-corrected chi connectivity index (χ4v) is 5.86. The van der Waals surface area contributed by atoms with Crippen LogP contribution in [0.15, 0.2) is 35.8 Å². The number of nitrogens with zero attached hydrogens (tertiary/aromatic N) is 3. The molecule has 0 saturated carbocycles. The SMILES string of the molecule is COc1cccc([C@H]2CN(c3nccs3)[C@@H]3C4CCN(CC4)[C@H]23)c1. The Labute approximate surface area is 147 Å². The summed E-state index contributed by atoms with van der Waals surface area (Å²) in [5.41, 5.74) is 1.41. The van der Waals surface area contributed by atoms with E-state index < -0.39 is 0 Å². The molecule has 1 aromatic heterocycles. The van der Waals surface area contributed by atoms with Gasteiger partial charge >= 0.3 is 0 Å². The van der Waals surface area contributed by atoms with Crippen LogP contribution >= 0.6 is 11.3 Å². The highest BCUT2D eigenvalue weighted by Crippen LogP contribution is 2.48. The smallest absolute Gasteiger partial charge is 0.185 e. The van der Waals surface area contributed by atoms with Crippen LogP contribution in [0.3, 0.4) is 0 Å². The van der Waals surface area contributed by atoms with Crippen molar-refractivity contribution in [3.63, 3.8) is 0 Å². The molecule has 0 spiro atoms. The van der Waals surface area contributed by atoms with E-state index in [1.807, 2.05) is 12.3 Å². The first kappa shape index (κ1) is 14.7. The van der Waals surface area contributed by atoms with Crippen molar-refractivity contribution in [1.82, 2.24) is 9.88 Å². The van der Waals surface area contributed by atoms with Crippen LogP contribution in [0.4, 0.5) is 5.13 Å². The second-order valence-electron chi connectivity index (χ2n) is 7.20. The first-order chi connectivity index (χ1) is 11.8. The topological polar surface area (TPSA) is 28.6 Å². The molecule has 126 valence electrons. The Morgan fingerprint density at radius 2 is 2.08 bits per heavy atom. The monoisotopic (exact) mass is 341 g/mol. The van der Waals surface area contributed by atoms with Crippen molar-refractivity contribution in [2.45, 2.75) is 30.8 Å². The summed E-state index contributed by atoms with van der Waals surface area (Å²) in [6.07, 6.45) is 4.62. The molecule has 4 aliphatic heterocycles. The molecule has 0 radical (unpaired) electrons. The van der Waals surface area contributed by atoms with Crippen molar-refractivity contribution in [1.29, 1.82) is 0 Å². The van der Waals surface area contributed by atoms with E-state index in [1.54, 1.807) is 18.4 Å². The van der Waals surface area contributed by atoms with Crippen LogP contribution in [0, 0.1) is 5.92 Å². The normalized spacial score (nSPS) is 34.4. The van der Waals surface area contributed by atoms with E-state index in [9.17, 15) is 0 Å². The van der Waals surface area contributed by atoms with Gasteiger partial charge in [0.1, 0.15) is 5.75 Å². The van der Waals surface area contributed by atoms with E-state index >= 15 is 0 Å². The van der Waals surface area contributed by atoms with E-state index in [0.29, 0.717) is 18.0 Å². The largest absolute Gasteiger partial charge is 0.497 e. The number of benzene rings is 1. The lowest BCUT2D eigenvalue weighted by atomic mass is 9.75. The summed E-state index contributed by atoms with van der Waals surface area (Å²) < 4.78 is 5.47. The number of methoxy groups -OCH3 is 1. The summed E-state index contributed by atoms with van der Waals surface area (Å²) in [4.78, 5) is 9.98. The zero-order valence-electron chi connectivity index (χ0n) is 14.0. The third-order valence-corrected chi connectivity index (χ3v) is 6.99. The zero-order chi connectivity index (χ0) is 16.1. The van der Waals surface area contributed by atoms with Gasteiger partial charge in [0, 0.05) is 30.1 Å². The van der Waals surface area contributed by atoms with Gasteiger partial charge in [0.25, 0.3) is 0 Å². The molecule has 5 heterocycles. The highest BCUT2D eigenvalue weighted by atomic mass is 32.1. The molecule has 3 atom stereocenters. The van der Waals surface area contributed by atoms with Crippen molar-refractivity contribution in [2.75, 3.05) is 31.6 Å². The van der Waals surface area contributed by atoms with Gasteiger partial charge in [-0.15, -0.1) is 11.3 Å². The molecule has 6 rings (SSSR count). The van der Waals surface area contributed by atoms with Crippen molar-refractivity contribution < 1.29 is 4.74 Å². The van der Waals surface area contributed by atoms with Gasteiger partial charge in [-0.1, -0.05) is 12.1 Å². The number of thiazole rings is 1. The van der Waals surface area contributed by atoms with Gasteiger partial charge in [-0.3, -0.25) is 4.90 Å². The number of rotatable bonds is 3. The molecule has 2 bridgehead atoms. The molecule has 0 amide bonds. The molecule has 4 nitrogen and oxygen atoms in total. The first-order valence-electron chi connectivity index (χ1n) is 8.89. The molecule has 4 aliphatic rings. The minimum atomic E-state index is 0.539. The average molecular weight is 341 g/mol. The van der Waals surface area contributed by atoms with Crippen molar-refractivity contribution in [3.05, 3.63) is 41.4 Å². The third kappa shape index (κ3) is 2.18. The Balaban J connectivity index is 1.55. The maximum Gasteiger partial charge on any atom is 0.185 e. The molecule has 0 aliphatic carbocycles. The molecule has 1 aromatic carbocycles.